The first-order valence-corrected chi connectivity index (χ1v) is 11.2. The smallest absolute Gasteiger partial charge is 0.132 e. The van der Waals surface area contributed by atoms with Crippen LogP contribution >= 0.6 is 0 Å². The van der Waals surface area contributed by atoms with Crippen molar-refractivity contribution < 1.29 is 9.13 Å². The highest BCUT2D eigenvalue weighted by Gasteiger charge is 2.16. The van der Waals surface area contributed by atoms with Crippen LogP contribution in [0.3, 0.4) is 0 Å². The van der Waals surface area contributed by atoms with Crippen LogP contribution in [0.2, 0.25) is 0 Å². The number of hydrogen-bond donors (Lipinski definition) is 0. The normalized spacial score (nSPS) is 14.7. The lowest BCUT2D eigenvalue weighted by Crippen LogP contribution is -2.36. The van der Waals surface area contributed by atoms with Gasteiger partial charge in [0.25, 0.3) is 0 Å². The molecule has 0 bridgehead atoms. The van der Waals surface area contributed by atoms with Gasteiger partial charge < -0.3 is 4.74 Å². The molecule has 0 spiro atoms. The fraction of sp³-hybridized carbons (Fsp3) is 0.179. The molecule has 1 saturated heterocycles. The standard InChI is InChI=1S/C28H26FN3O/c29-27-11-5-4-10-26(27)28-24(9-6-16-31-17-19-33-20-18-31)21-30-32(28)25-14-12-23(13-15-25)22-7-2-1-3-8-22/h1-15,21H,16-20H2/b9-6+. The zero-order valence-electron chi connectivity index (χ0n) is 18.4. The second-order valence-corrected chi connectivity index (χ2v) is 8.07. The maximum absolute atomic E-state index is 14.8. The molecule has 0 amide bonds. The van der Waals surface area contributed by atoms with E-state index < -0.39 is 0 Å². The van der Waals surface area contributed by atoms with Crippen molar-refractivity contribution in [3.05, 3.63) is 103 Å². The van der Waals surface area contributed by atoms with Crippen molar-refractivity contribution in [1.82, 2.24) is 14.7 Å². The van der Waals surface area contributed by atoms with Gasteiger partial charge in [0.05, 0.1) is 30.8 Å². The number of morpholine rings is 1. The van der Waals surface area contributed by atoms with Crippen molar-refractivity contribution in [1.29, 1.82) is 0 Å². The molecule has 4 aromatic rings. The summed E-state index contributed by atoms with van der Waals surface area (Å²) < 4.78 is 22.1. The first kappa shape index (κ1) is 21.3. The summed E-state index contributed by atoms with van der Waals surface area (Å²) in [5.41, 5.74) is 5.35. The summed E-state index contributed by atoms with van der Waals surface area (Å²) in [5, 5.41) is 4.64. The van der Waals surface area contributed by atoms with Crippen LogP contribution < -0.4 is 0 Å². The van der Waals surface area contributed by atoms with E-state index >= 15 is 0 Å². The molecule has 166 valence electrons. The molecule has 33 heavy (non-hydrogen) atoms. The lowest BCUT2D eigenvalue weighted by molar-refractivity contribution is 0.0435. The summed E-state index contributed by atoms with van der Waals surface area (Å²) in [7, 11) is 0. The largest absolute Gasteiger partial charge is 0.379 e. The highest BCUT2D eigenvalue weighted by Crippen LogP contribution is 2.30. The minimum atomic E-state index is -0.261. The second kappa shape index (κ2) is 9.94. The fourth-order valence-corrected chi connectivity index (χ4v) is 4.14. The summed E-state index contributed by atoms with van der Waals surface area (Å²) >= 11 is 0. The second-order valence-electron chi connectivity index (χ2n) is 8.07. The maximum Gasteiger partial charge on any atom is 0.132 e. The quantitative estimate of drug-likeness (QED) is 0.387. The Morgan fingerprint density at radius 1 is 0.848 bits per heavy atom. The molecule has 1 fully saturated rings. The Balaban J connectivity index is 1.49. The number of aromatic nitrogens is 2. The van der Waals surface area contributed by atoms with Crippen molar-refractivity contribution in [2.75, 3.05) is 32.8 Å². The number of benzene rings is 3. The van der Waals surface area contributed by atoms with Gasteiger partial charge in [-0.25, -0.2) is 9.07 Å². The van der Waals surface area contributed by atoms with Crippen LogP contribution in [0.5, 0.6) is 0 Å². The van der Waals surface area contributed by atoms with Gasteiger partial charge in [-0.1, -0.05) is 66.7 Å². The molecule has 0 unspecified atom stereocenters. The fourth-order valence-electron chi connectivity index (χ4n) is 4.14. The Kier molecular flexibility index (Phi) is 6.42. The molecule has 0 radical (unpaired) electrons. The average molecular weight is 440 g/mol. The molecule has 4 nitrogen and oxygen atoms in total. The molecule has 0 N–H and O–H groups in total. The molecule has 0 atom stereocenters. The molecule has 2 heterocycles. The van der Waals surface area contributed by atoms with Crippen LogP contribution in [-0.2, 0) is 4.74 Å². The first-order chi connectivity index (χ1) is 16.3. The van der Waals surface area contributed by atoms with E-state index in [1.54, 1.807) is 12.1 Å². The Labute approximate surface area is 193 Å². The Morgan fingerprint density at radius 3 is 2.30 bits per heavy atom. The summed E-state index contributed by atoms with van der Waals surface area (Å²) in [6, 6.07) is 25.3. The van der Waals surface area contributed by atoms with Gasteiger partial charge in [-0.2, -0.15) is 5.10 Å². The van der Waals surface area contributed by atoms with Gasteiger partial charge in [0.1, 0.15) is 5.82 Å². The van der Waals surface area contributed by atoms with Gasteiger partial charge in [-0.15, -0.1) is 0 Å². The van der Waals surface area contributed by atoms with E-state index in [0.717, 1.165) is 60.9 Å². The molecule has 0 aliphatic carbocycles. The van der Waals surface area contributed by atoms with Crippen LogP contribution in [0, 0.1) is 5.82 Å². The van der Waals surface area contributed by atoms with E-state index in [0.29, 0.717) is 5.56 Å². The number of ether oxygens (including phenoxy) is 1. The van der Waals surface area contributed by atoms with Crippen LogP contribution in [0.4, 0.5) is 4.39 Å². The van der Waals surface area contributed by atoms with Crippen LogP contribution in [0.15, 0.2) is 91.1 Å². The van der Waals surface area contributed by atoms with Gasteiger partial charge in [0, 0.05) is 30.8 Å². The number of nitrogens with zero attached hydrogens (tertiary/aromatic N) is 3. The minimum absolute atomic E-state index is 0.261. The SMILES string of the molecule is Fc1ccccc1-c1c(/C=C/CN2CCOCC2)cnn1-c1ccc(-c2ccccc2)cc1. The van der Waals surface area contributed by atoms with E-state index in [1.807, 2.05) is 53.4 Å². The van der Waals surface area contributed by atoms with Gasteiger partial charge in [0.2, 0.25) is 0 Å². The van der Waals surface area contributed by atoms with Crippen molar-refractivity contribution >= 4 is 6.08 Å². The Hall–Kier alpha value is -3.54. The number of hydrogen-bond acceptors (Lipinski definition) is 3. The van der Waals surface area contributed by atoms with Crippen LogP contribution in [-0.4, -0.2) is 47.5 Å². The summed E-state index contributed by atoms with van der Waals surface area (Å²) in [4.78, 5) is 2.34. The van der Waals surface area contributed by atoms with E-state index in [1.165, 1.54) is 6.07 Å². The first-order valence-electron chi connectivity index (χ1n) is 11.2. The van der Waals surface area contributed by atoms with Gasteiger partial charge in [-0.05, 0) is 35.4 Å². The van der Waals surface area contributed by atoms with Crippen molar-refractivity contribution in [2.45, 2.75) is 0 Å². The number of halogens is 1. The lowest BCUT2D eigenvalue weighted by atomic mass is 10.0. The highest BCUT2D eigenvalue weighted by atomic mass is 19.1. The van der Waals surface area contributed by atoms with Crippen molar-refractivity contribution in [3.8, 4) is 28.1 Å². The van der Waals surface area contributed by atoms with E-state index in [-0.39, 0.29) is 5.82 Å². The van der Waals surface area contributed by atoms with Gasteiger partial charge >= 0.3 is 0 Å². The molecular formula is C28H26FN3O. The van der Waals surface area contributed by atoms with Crippen LogP contribution in [0.1, 0.15) is 5.56 Å². The Bertz CT molecular complexity index is 1230. The highest BCUT2D eigenvalue weighted by molar-refractivity contribution is 5.74. The molecule has 0 saturated carbocycles. The minimum Gasteiger partial charge on any atom is -0.379 e. The third-order valence-corrected chi connectivity index (χ3v) is 5.91. The monoisotopic (exact) mass is 439 g/mol. The van der Waals surface area contributed by atoms with E-state index in [9.17, 15) is 4.39 Å². The van der Waals surface area contributed by atoms with Gasteiger partial charge in [-0.3, -0.25) is 4.90 Å². The van der Waals surface area contributed by atoms with Gasteiger partial charge in [0.15, 0.2) is 0 Å². The van der Waals surface area contributed by atoms with Crippen LogP contribution in [0.25, 0.3) is 34.1 Å². The molecular weight excluding hydrogens is 413 g/mol. The zero-order chi connectivity index (χ0) is 22.5. The molecule has 1 aromatic heterocycles. The topological polar surface area (TPSA) is 30.3 Å². The van der Waals surface area contributed by atoms with E-state index in [4.69, 9.17) is 4.74 Å². The lowest BCUT2D eigenvalue weighted by Gasteiger charge is -2.25. The molecule has 1 aliphatic rings. The Morgan fingerprint density at radius 2 is 1.55 bits per heavy atom. The summed E-state index contributed by atoms with van der Waals surface area (Å²) in [6.07, 6.45) is 5.97. The molecule has 1 aliphatic heterocycles. The predicted molar refractivity (Wildman–Crippen MR) is 131 cm³/mol. The molecule has 5 rings (SSSR count). The molecule has 3 aromatic carbocycles. The average Bonchev–Trinajstić information content (AvgIpc) is 3.29. The summed E-state index contributed by atoms with van der Waals surface area (Å²) in [6.45, 7) is 4.22. The predicted octanol–water partition coefficient (Wildman–Crippen LogP) is 5.69. The van der Waals surface area contributed by atoms with E-state index in [2.05, 4.69) is 40.3 Å². The summed E-state index contributed by atoms with van der Waals surface area (Å²) in [5.74, 6) is -0.261. The van der Waals surface area contributed by atoms with Crippen molar-refractivity contribution in [3.63, 3.8) is 0 Å². The maximum atomic E-state index is 14.8. The van der Waals surface area contributed by atoms with Crippen molar-refractivity contribution in [2.24, 2.45) is 0 Å². The third kappa shape index (κ3) is 4.80. The molecule has 5 heteroatoms. The zero-order valence-corrected chi connectivity index (χ0v) is 18.4. The number of rotatable bonds is 6. The third-order valence-electron chi connectivity index (χ3n) is 5.91.